The van der Waals surface area contributed by atoms with Gasteiger partial charge in [0, 0.05) is 67.9 Å². The third kappa shape index (κ3) is 5.71. The van der Waals surface area contributed by atoms with Crippen LogP contribution >= 0.6 is 0 Å². The molecule has 1 aliphatic rings. The molecule has 5 aromatic carbocycles. The second-order valence-electron chi connectivity index (χ2n) is 13.3. The molecule has 8 rings (SSSR count). The molecule has 2 amide bonds. The quantitative estimate of drug-likeness (QED) is 0.0908. The first-order valence-electron chi connectivity index (χ1n) is 17.3. The Hall–Kier alpha value is -5.79. The second-order valence-corrected chi connectivity index (χ2v) is 14.9. The van der Waals surface area contributed by atoms with E-state index in [1.165, 1.54) is 4.40 Å². The van der Waals surface area contributed by atoms with Gasteiger partial charge in [0.15, 0.2) is 0 Å². The Morgan fingerprint density at radius 3 is 2.23 bits per heavy atom. The minimum absolute atomic E-state index is 0.0390. The number of carbonyl (C=O) groups is 2. The lowest BCUT2D eigenvalue weighted by atomic mass is 9.96. The van der Waals surface area contributed by atoms with Crippen LogP contribution in [-0.2, 0) is 23.0 Å². The fraction of sp³-hybridized carbons (Fsp3) is 0.231. The van der Waals surface area contributed by atoms with Crippen molar-refractivity contribution in [2.45, 2.75) is 39.0 Å². The van der Waals surface area contributed by atoms with E-state index in [0.29, 0.717) is 68.6 Å². The van der Waals surface area contributed by atoms with Gasteiger partial charge in [0.2, 0.25) is 0 Å². The molecule has 0 aliphatic carbocycles. The van der Waals surface area contributed by atoms with E-state index in [1.54, 1.807) is 24.3 Å². The summed E-state index contributed by atoms with van der Waals surface area (Å²) in [6.45, 7) is 2.73. The molecule has 264 valence electrons. The molecule has 2 bridgehead atoms. The largest absolute Gasteiger partial charge is 0.507 e. The maximum atomic E-state index is 14.3. The fourth-order valence-corrected chi connectivity index (χ4v) is 7.82. The maximum Gasteiger partial charge on any atom is 0.264 e. The van der Waals surface area contributed by atoms with Gasteiger partial charge in [-0.2, -0.15) is 8.42 Å². The van der Waals surface area contributed by atoms with Crippen molar-refractivity contribution in [2.24, 2.45) is 0 Å². The topological polar surface area (TPSA) is 179 Å². The minimum atomic E-state index is -4.14. The molecule has 1 aliphatic heterocycles. The number of aryl methyl sites for hydroxylation is 2. The molecule has 0 spiro atoms. The first kappa shape index (κ1) is 33.4. The highest BCUT2D eigenvalue weighted by Gasteiger charge is 2.23. The zero-order valence-corrected chi connectivity index (χ0v) is 29.1. The van der Waals surface area contributed by atoms with Crippen LogP contribution in [0.1, 0.15) is 58.0 Å². The van der Waals surface area contributed by atoms with E-state index in [-0.39, 0.29) is 35.7 Å². The van der Waals surface area contributed by atoms with E-state index in [0.717, 1.165) is 40.7 Å². The summed E-state index contributed by atoms with van der Waals surface area (Å²) in [5.74, 6) is -0.923. The van der Waals surface area contributed by atoms with Crippen molar-refractivity contribution in [2.75, 3.05) is 24.2 Å². The van der Waals surface area contributed by atoms with Crippen LogP contribution in [0.5, 0.6) is 5.75 Å². The lowest BCUT2D eigenvalue weighted by Crippen LogP contribution is -2.26. The van der Waals surface area contributed by atoms with Gasteiger partial charge in [-0.05, 0) is 97.5 Å². The van der Waals surface area contributed by atoms with Gasteiger partial charge >= 0.3 is 0 Å². The molecule has 7 aromatic rings. The summed E-state index contributed by atoms with van der Waals surface area (Å²) < 4.78 is 32.5. The highest BCUT2D eigenvalue weighted by atomic mass is 32.2. The number of benzene rings is 4. The molecular formula is C39H35N5O7S. The lowest BCUT2D eigenvalue weighted by molar-refractivity contribution is 0.0945. The van der Waals surface area contributed by atoms with Crippen molar-refractivity contribution in [3.8, 4) is 5.75 Å². The number of pyridine rings is 1. The third-order valence-corrected chi connectivity index (χ3v) is 10.7. The zero-order valence-electron chi connectivity index (χ0n) is 28.2. The minimum Gasteiger partial charge on any atom is -0.507 e. The van der Waals surface area contributed by atoms with Crippen LogP contribution in [0.3, 0.4) is 0 Å². The fourth-order valence-electron chi connectivity index (χ4n) is 7.31. The molecule has 5 N–H and O–H groups in total. The Kier molecular flexibility index (Phi) is 8.19. The number of rotatable bonds is 9. The molecule has 0 saturated carbocycles. The number of hydrogen-bond donors (Lipinski definition) is 5. The van der Waals surface area contributed by atoms with Crippen LogP contribution in [0.4, 0.5) is 11.4 Å². The Morgan fingerprint density at radius 1 is 0.808 bits per heavy atom. The zero-order chi connectivity index (χ0) is 36.3. The summed E-state index contributed by atoms with van der Waals surface area (Å²) in [4.78, 5) is 44.9. The number of anilines is 2. The molecule has 13 heteroatoms. The van der Waals surface area contributed by atoms with Crippen molar-refractivity contribution in [1.29, 1.82) is 0 Å². The lowest BCUT2D eigenvalue weighted by Gasteiger charge is -2.17. The number of aromatic nitrogens is 2. The smallest absolute Gasteiger partial charge is 0.264 e. The van der Waals surface area contributed by atoms with Crippen LogP contribution in [0.15, 0.2) is 71.5 Å². The Balaban J connectivity index is 1.25. The van der Waals surface area contributed by atoms with E-state index in [1.807, 2.05) is 42.5 Å². The molecule has 12 nitrogen and oxygen atoms in total. The number of hydrogen-bond acceptors (Lipinski definition) is 8. The monoisotopic (exact) mass is 717 g/mol. The predicted octanol–water partition coefficient (Wildman–Crippen LogP) is 5.83. The van der Waals surface area contributed by atoms with E-state index in [9.17, 15) is 27.9 Å². The van der Waals surface area contributed by atoms with Gasteiger partial charge < -0.3 is 21.1 Å². The number of nitrogens with zero attached hydrogens (tertiary/aromatic N) is 2. The Bertz CT molecular complexity index is 2800. The second kappa shape index (κ2) is 12.8. The van der Waals surface area contributed by atoms with Gasteiger partial charge in [0.1, 0.15) is 11.4 Å². The van der Waals surface area contributed by atoms with Gasteiger partial charge in [0.05, 0.1) is 16.8 Å². The van der Waals surface area contributed by atoms with E-state index in [4.69, 9.17) is 9.54 Å². The number of nitrogens with one attached hydrogen (secondary N) is 3. The highest BCUT2D eigenvalue weighted by Crippen LogP contribution is 2.44. The first-order valence-corrected chi connectivity index (χ1v) is 18.9. The van der Waals surface area contributed by atoms with Crippen molar-refractivity contribution in [3.63, 3.8) is 0 Å². The van der Waals surface area contributed by atoms with Crippen LogP contribution in [0, 0.1) is 0 Å². The summed E-state index contributed by atoms with van der Waals surface area (Å²) in [6, 6.07) is 19.8. The third-order valence-electron chi connectivity index (χ3n) is 9.90. The van der Waals surface area contributed by atoms with Gasteiger partial charge in [0.25, 0.3) is 27.5 Å². The number of aromatic hydroxyl groups is 1. The molecular weight excluding hydrogens is 683 g/mol. The van der Waals surface area contributed by atoms with Gasteiger partial charge in [-0.1, -0.05) is 19.4 Å². The van der Waals surface area contributed by atoms with E-state index >= 15 is 0 Å². The number of amides is 2. The predicted molar refractivity (Wildman–Crippen MR) is 202 cm³/mol. The van der Waals surface area contributed by atoms with Gasteiger partial charge in [-0.3, -0.25) is 23.3 Å². The van der Waals surface area contributed by atoms with E-state index < -0.39 is 21.8 Å². The first-order chi connectivity index (χ1) is 25.0. The number of imidazole rings is 1. The average Bonchev–Trinajstić information content (AvgIpc) is 3.45. The molecule has 0 atom stereocenters. The van der Waals surface area contributed by atoms with Crippen LogP contribution < -0.4 is 21.5 Å². The van der Waals surface area contributed by atoms with Gasteiger partial charge in [-0.15, -0.1) is 0 Å². The summed E-state index contributed by atoms with van der Waals surface area (Å²) in [7, 11) is -4.14. The molecule has 0 saturated heterocycles. The maximum absolute atomic E-state index is 14.3. The average molecular weight is 718 g/mol. The molecule has 0 fully saturated rings. The highest BCUT2D eigenvalue weighted by molar-refractivity contribution is 7.85. The van der Waals surface area contributed by atoms with Crippen molar-refractivity contribution in [1.82, 2.24) is 20.0 Å². The SMILES string of the molecule is CCCCNC(=O)c1ccc2c(c1)CCc1cc(c3ccc4c(=O)n5c6cc(C(=O)NCCCS(=O)(=O)O)ccc6nc5c5ccc(c1O)c3c45)N2. The Labute approximate surface area is 297 Å². The molecule has 2 aromatic heterocycles. The number of carbonyl (C=O) groups excluding carboxylic acids is 2. The van der Waals surface area contributed by atoms with Gasteiger partial charge in [-0.25, -0.2) is 4.98 Å². The summed E-state index contributed by atoms with van der Waals surface area (Å²) >= 11 is 0. The van der Waals surface area contributed by atoms with Crippen LogP contribution in [-0.4, -0.2) is 58.1 Å². The van der Waals surface area contributed by atoms with Crippen molar-refractivity contribution < 1.29 is 27.7 Å². The molecule has 0 radical (unpaired) electrons. The molecule has 52 heavy (non-hydrogen) atoms. The van der Waals surface area contributed by atoms with Crippen molar-refractivity contribution in [3.05, 3.63) is 99.3 Å². The van der Waals surface area contributed by atoms with E-state index in [2.05, 4.69) is 22.9 Å². The molecule has 3 heterocycles. The normalized spacial score (nSPS) is 13.0. The van der Waals surface area contributed by atoms with Crippen LogP contribution in [0.2, 0.25) is 0 Å². The number of unbranched alkanes of at least 4 members (excludes halogenated alkanes) is 1. The summed E-state index contributed by atoms with van der Waals surface area (Å²) in [5, 5.41) is 24.9. The summed E-state index contributed by atoms with van der Waals surface area (Å²) in [5.41, 5.74) is 5.17. The van der Waals surface area contributed by atoms with Crippen molar-refractivity contribution >= 4 is 82.3 Å². The summed E-state index contributed by atoms with van der Waals surface area (Å²) in [6.07, 6.45) is 3.06. The molecule has 0 unspecified atom stereocenters. The number of fused-ring (bicyclic) bond motifs is 8. The standard InChI is InChI=1S/C39H35N5O7S/c1-2-3-15-40-37(46)23-7-13-29-21(18-23)5-6-22-19-31(42-29)25-9-12-28-34-27(11-10-26(33(25)34)35(22)45)36-43-30-14-8-24(20-32(30)44(36)39(28)48)38(47)41-16-4-17-52(49,50)51/h7-14,18-20,42,45H,2-6,15-17H2,1H3,(H,40,46)(H,41,47)(H,49,50,51). The Morgan fingerprint density at radius 2 is 1.46 bits per heavy atom. The van der Waals surface area contributed by atoms with Crippen LogP contribution in [0.25, 0.3) is 49.0 Å².